The molecular formula is C15H19ClFN3S. The Kier molecular flexibility index (Phi) is 6.08. The fraction of sp³-hybridized carbons (Fsp3) is 0.467. The number of hydrogen-bond donors (Lipinski definition) is 1. The zero-order valence-electron chi connectivity index (χ0n) is 12.2. The molecule has 0 aliphatic carbocycles. The van der Waals surface area contributed by atoms with Gasteiger partial charge < -0.3 is 5.32 Å². The smallest absolute Gasteiger partial charge is 0.129 e. The first-order valence-electron chi connectivity index (χ1n) is 7.16. The molecular weight excluding hydrogens is 309 g/mol. The molecule has 0 saturated carbocycles. The molecule has 2 rings (SSSR count). The Morgan fingerprint density at radius 2 is 2.14 bits per heavy atom. The quantitative estimate of drug-likeness (QED) is 0.820. The lowest BCUT2D eigenvalue weighted by molar-refractivity contribution is 0.548. The molecule has 0 fully saturated rings. The molecule has 0 aliphatic rings. The lowest BCUT2D eigenvalue weighted by atomic mass is 10.0. The molecule has 1 N–H and O–H groups in total. The number of nitrogens with one attached hydrogen (secondary N) is 1. The topological polar surface area (TPSA) is 37.8 Å². The van der Waals surface area contributed by atoms with E-state index in [9.17, 15) is 4.39 Å². The Labute approximate surface area is 133 Å². The third kappa shape index (κ3) is 3.99. The van der Waals surface area contributed by atoms with Crippen LogP contribution in [-0.2, 0) is 6.42 Å². The van der Waals surface area contributed by atoms with Gasteiger partial charge in [0.1, 0.15) is 5.82 Å². The van der Waals surface area contributed by atoms with E-state index < -0.39 is 0 Å². The van der Waals surface area contributed by atoms with E-state index in [1.54, 1.807) is 12.1 Å². The Hall–Kier alpha value is -1.04. The van der Waals surface area contributed by atoms with Crippen LogP contribution < -0.4 is 5.32 Å². The summed E-state index contributed by atoms with van der Waals surface area (Å²) in [4.78, 5) is 0.992. The number of aryl methyl sites for hydroxylation is 1. The Morgan fingerprint density at radius 3 is 2.81 bits per heavy atom. The van der Waals surface area contributed by atoms with Crippen molar-refractivity contribution in [2.75, 3.05) is 6.54 Å². The van der Waals surface area contributed by atoms with Crippen molar-refractivity contribution < 1.29 is 4.39 Å². The molecule has 114 valence electrons. The van der Waals surface area contributed by atoms with Gasteiger partial charge in [-0.15, -0.1) is 5.10 Å². The van der Waals surface area contributed by atoms with E-state index in [0.717, 1.165) is 36.4 Å². The fourth-order valence-corrected chi connectivity index (χ4v) is 3.16. The average molecular weight is 328 g/mol. The second-order valence-electron chi connectivity index (χ2n) is 4.89. The largest absolute Gasteiger partial charge is 0.305 e. The summed E-state index contributed by atoms with van der Waals surface area (Å²) in [6.07, 6.45) is 2.81. The number of rotatable bonds is 7. The minimum Gasteiger partial charge on any atom is -0.305 e. The van der Waals surface area contributed by atoms with Gasteiger partial charge in [-0.25, -0.2) is 4.39 Å². The number of benzene rings is 1. The lowest BCUT2D eigenvalue weighted by Gasteiger charge is -2.19. The molecule has 0 bridgehead atoms. The summed E-state index contributed by atoms with van der Waals surface area (Å²) in [5.74, 6) is -0.299. The summed E-state index contributed by atoms with van der Waals surface area (Å²) in [7, 11) is 0. The molecule has 0 spiro atoms. The zero-order valence-corrected chi connectivity index (χ0v) is 13.8. The van der Waals surface area contributed by atoms with Gasteiger partial charge in [-0.2, -0.15) is 0 Å². The second-order valence-corrected chi connectivity index (χ2v) is 6.11. The molecule has 2 aromatic rings. The SMILES string of the molecule is CCCNC(c1ccc(Cl)cc1F)c1snnc1CCC. The van der Waals surface area contributed by atoms with E-state index in [1.165, 1.54) is 17.6 Å². The molecule has 3 nitrogen and oxygen atoms in total. The molecule has 1 unspecified atom stereocenters. The second kappa shape index (κ2) is 7.82. The maximum Gasteiger partial charge on any atom is 0.129 e. The van der Waals surface area contributed by atoms with Crippen LogP contribution >= 0.6 is 23.1 Å². The molecule has 1 aromatic heterocycles. The molecule has 0 aliphatic heterocycles. The van der Waals surface area contributed by atoms with Crippen LogP contribution in [0.5, 0.6) is 0 Å². The van der Waals surface area contributed by atoms with Gasteiger partial charge in [0.05, 0.1) is 16.6 Å². The monoisotopic (exact) mass is 327 g/mol. The average Bonchev–Trinajstić information content (AvgIpc) is 2.90. The van der Waals surface area contributed by atoms with Crippen molar-refractivity contribution in [3.63, 3.8) is 0 Å². The Morgan fingerprint density at radius 1 is 1.33 bits per heavy atom. The van der Waals surface area contributed by atoms with Gasteiger partial charge in [-0.3, -0.25) is 0 Å². The fourth-order valence-electron chi connectivity index (χ4n) is 2.21. The zero-order chi connectivity index (χ0) is 15.2. The van der Waals surface area contributed by atoms with Gasteiger partial charge in [-0.05, 0) is 43.1 Å². The molecule has 0 saturated heterocycles. The molecule has 21 heavy (non-hydrogen) atoms. The first-order chi connectivity index (χ1) is 10.2. The van der Waals surface area contributed by atoms with Crippen molar-refractivity contribution in [2.45, 2.75) is 39.2 Å². The van der Waals surface area contributed by atoms with Crippen LogP contribution in [0, 0.1) is 5.82 Å². The van der Waals surface area contributed by atoms with Crippen LogP contribution in [0.15, 0.2) is 18.2 Å². The van der Waals surface area contributed by atoms with Gasteiger partial charge >= 0.3 is 0 Å². The van der Waals surface area contributed by atoms with Crippen LogP contribution in [0.2, 0.25) is 5.02 Å². The molecule has 6 heteroatoms. The highest BCUT2D eigenvalue weighted by Gasteiger charge is 2.23. The highest BCUT2D eigenvalue weighted by molar-refractivity contribution is 7.05. The summed E-state index contributed by atoms with van der Waals surface area (Å²) in [5, 5.41) is 7.99. The summed E-state index contributed by atoms with van der Waals surface area (Å²) in [6.45, 7) is 4.98. The van der Waals surface area contributed by atoms with Crippen LogP contribution in [0.25, 0.3) is 0 Å². The number of hydrogen-bond acceptors (Lipinski definition) is 4. The summed E-state index contributed by atoms with van der Waals surface area (Å²) < 4.78 is 18.3. The number of nitrogens with zero attached hydrogens (tertiary/aromatic N) is 2. The number of halogens is 2. The van der Waals surface area contributed by atoms with E-state index in [4.69, 9.17) is 11.6 Å². The Balaban J connectivity index is 2.39. The van der Waals surface area contributed by atoms with Gasteiger partial charge in [0.15, 0.2) is 0 Å². The maximum atomic E-state index is 14.3. The van der Waals surface area contributed by atoms with Crippen LogP contribution in [0.4, 0.5) is 4.39 Å². The van der Waals surface area contributed by atoms with E-state index in [1.807, 2.05) is 0 Å². The normalized spacial score (nSPS) is 12.6. The van der Waals surface area contributed by atoms with Gasteiger partial charge in [-0.1, -0.05) is 42.4 Å². The molecule has 1 aromatic carbocycles. The van der Waals surface area contributed by atoms with Crippen molar-refractivity contribution in [3.8, 4) is 0 Å². The highest BCUT2D eigenvalue weighted by Crippen LogP contribution is 2.30. The van der Waals surface area contributed by atoms with Crippen molar-refractivity contribution in [1.29, 1.82) is 0 Å². The van der Waals surface area contributed by atoms with Gasteiger partial charge in [0, 0.05) is 10.6 Å². The predicted molar refractivity (Wildman–Crippen MR) is 85.5 cm³/mol. The first kappa shape index (κ1) is 16.3. The van der Waals surface area contributed by atoms with Crippen LogP contribution in [-0.4, -0.2) is 16.1 Å². The van der Waals surface area contributed by atoms with Crippen LogP contribution in [0.3, 0.4) is 0 Å². The lowest BCUT2D eigenvalue weighted by Crippen LogP contribution is -2.24. The minimum atomic E-state index is -0.299. The van der Waals surface area contributed by atoms with Gasteiger partial charge in [0.25, 0.3) is 0 Å². The molecule has 1 heterocycles. The van der Waals surface area contributed by atoms with Crippen molar-refractivity contribution >= 4 is 23.1 Å². The van der Waals surface area contributed by atoms with Crippen molar-refractivity contribution in [2.24, 2.45) is 0 Å². The summed E-state index contributed by atoms with van der Waals surface area (Å²) in [5.41, 5.74) is 1.54. The minimum absolute atomic E-state index is 0.219. The van der Waals surface area contributed by atoms with Gasteiger partial charge in [0.2, 0.25) is 0 Å². The Bertz CT molecular complexity index is 588. The molecule has 1 atom stereocenters. The van der Waals surface area contributed by atoms with E-state index in [2.05, 4.69) is 28.8 Å². The third-order valence-corrected chi connectivity index (χ3v) is 4.27. The van der Waals surface area contributed by atoms with Crippen LogP contribution in [0.1, 0.15) is 48.9 Å². The van der Waals surface area contributed by atoms with Crippen molar-refractivity contribution in [3.05, 3.63) is 45.2 Å². The predicted octanol–water partition coefficient (Wildman–Crippen LogP) is 4.37. The van der Waals surface area contributed by atoms with E-state index in [-0.39, 0.29) is 11.9 Å². The van der Waals surface area contributed by atoms with E-state index >= 15 is 0 Å². The molecule has 0 amide bonds. The summed E-state index contributed by atoms with van der Waals surface area (Å²) in [6, 6.07) is 4.59. The standard InChI is InChI=1S/C15H19ClFN3S/c1-3-5-13-15(21-20-19-13)14(18-8-4-2)11-7-6-10(16)9-12(11)17/h6-7,9,14,18H,3-5,8H2,1-2H3. The highest BCUT2D eigenvalue weighted by atomic mass is 35.5. The third-order valence-electron chi connectivity index (χ3n) is 3.21. The first-order valence-corrected chi connectivity index (χ1v) is 8.32. The molecule has 0 radical (unpaired) electrons. The van der Waals surface area contributed by atoms with E-state index in [0.29, 0.717) is 10.6 Å². The summed E-state index contributed by atoms with van der Waals surface area (Å²) >= 11 is 7.18. The van der Waals surface area contributed by atoms with Crippen molar-refractivity contribution in [1.82, 2.24) is 14.9 Å². The maximum absolute atomic E-state index is 14.3. The number of aromatic nitrogens is 2.